The van der Waals surface area contributed by atoms with Crippen molar-refractivity contribution < 1.29 is 19.8 Å². The maximum Gasteiger partial charge on any atom is 0.411 e. The molecule has 4 rings (SSSR count). The van der Waals surface area contributed by atoms with Gasteiger partial charge in [0.2, 0.25) is 0 Å². The van der Waals surface area contributed by atoms with Crippen molar-refractivity contribution in [2.24, 2.45) is 0 Å². The predicted octanol–water partition coefficient (Wildman–Crippen LogP) is 3.22. The quantitative estimate of drug-likeness (QED) is 0.648. The molecule has 0 unspecified atom stereocenters. The molecule has 7 nitrogen and oxygen atoms in total. The highest BCUT2D eigenvalue weighted by Crippen LogP contribution is 2.37. The monoisotopic (exact) mass is 377 g/mol. The van der Waals surface area contributed by atoms with E-state index in [-0.39, 0.29) is 12.3 Å². The number of aryl methyl sites for hydroxylation is 1. The number of nitrogens with one attached hydrogen (secondary N) is 1. The first-order valence-electron chi connectivity index (χ1n) is 9.01. The minimum absolute atomic E-state index is 0.0146. The van der Waals surface area contributed by atoms with Gasteiger partial charge in [-0.3, -0.25) is 10.1 Å². The van der Waals surface area contributed by atoms with Crippen LogP contribution in [0.1, 0.15) is 28.0 Å². The molecule has 0 bridgehead atoms. The van der Waals surface area contributed by atoms with Crippen LogP contribution in [0.25, 0.3) is 10.8 Å². The van der Waals surface area contributed by atoms with Gasteiger partial charge in [-0.2, -0.15) is 0 Å². The summed E-state index contributed by atoms with van der Waals surface area (Å²) in [5, 5.41) is 21.8. The third-order valence-electron chi connectivity index (χ3n) is 4.87. The maximum atomic E-state index is 12.3. The molecule has 3 N–H and O–H groups in total. The highest BCUT2D eigenvalue weighted by atomic mass is 16.4. The summed E-state index contributed by atoms with van der Waals surface area (Å²) in [6.07, 6.45) is 0.390. The van der Waals surface area contributed by atoms with Crippen LogP contribution in [0.5, 0.6) is 0 Å². The van der Waals surface area contributed by atoms with Crippen molar-refractivity contribution in [1.82, 2.24) is 10.3 Å². The molecule has 2 aromatic carbocycles. The molecule has 0 radical (unpaired) electrons. The lowest BCUT2D eigenvalue weighted by Gasteiger charge is -2.32. The van der Waals surface area contributed by atoms with Gasteiger partial charge in [-0.05, 0) is 41.5 Å². The zero-order chi connectivity index (χ0) is 19.7. The summed E-state index contributed by atoms with van der Waals surface area (Å²) in [6, 6.07) is 15.0. The molecular formula is C21H19N3O4. The highest BCUT2D eigenvalue weighted by Gasteiger charge is 2.23. The lowest BCUT2D eigenvalue weighted by atomic mass is 9.98. The van der Waals surface area contributed by atoms with Crippen LogP contribution in [0, 0.1) is 0 Å². The summed E-state index contributed by atoms with van der Waals surface area (Å²) in [5.41, 5.74) is 3.00. The molecule has 142 valence electrons. The number of anilines is 2. The van der Waals surface area contributed by atoms with E-state index in [1.165, 1.54) is 0 Å². The number of aliphatic hydroxyl groups is 1. The minimum Gasteiger partial charge on any atom is -0.465 e. The van der Waals surface area contributed by atoms with E-state index in [9.17, 15) is 14.7 Å². The standard InChI is InChI=1S/C21H19N3O4/c25-12-13-7-8-18-15(10-13)5-3-9-24(18)19-16-6-2-1-4-14(16)11-17(22-19)20(26)23-21(27)28/h1-2,4,6-8,10-11,25H,3,5,9,12H2,(H,23,26)(H,27,28). The first-order chi connectivity index (χ1) is 13.6. The van der Waals surface area contributed by atoms with Crippen LogP contribution in [-0.4, -0.2) is 33.7 Å². The van der Waals surface area contributed by atoms with Crippen LogP contribution in [-0.2, 0) is 13.0 Å². The van der Waals surface area contributed by atoms with Crippen LogP contribution >= 0.6 is 0 Å². The van der Waals surface area contributed by atoms with Gasteiger partial charge in [0.05, 0.1) is 6.61 Å². The fourth-order valence-corrected chi connectivity index (χ4v) is 3.63. The number of hydrogen-bond acceptors (Lipinski definition) is 5. The average molecular weight is 377 g/mol. The van der Waals surface area contributed by atoms with Gasteiger partial charge >= 0.3 is 6.09 Å². The van der Waals surface area contributed by atoms with Gasteiger partial charge in [-0.15, -0.1) is 0 Å². The van der Waals surface area contributed by atoms with Crippen molar-refractivity contribution in [3.8, 4) is 0 Å². The van der Waals surface area contributed by atoms with E-state index in [1.54, 1.807) is 6.07 Å². The molecule has 2 amide bonds. The number of amides is 2. The largest absolute Gasteiger partial charge is 0.465 e. The Labute approximate surface area is 161 Å². The molecular weight excluding hydrogens is 358 g/mol. The molecule has 28 heavy (non-hydrogen) atoms. The topological polar surface area (TPSA) is 103 Å². The van der Waals surface area contributed by atoms with Crippen molar-refractivity contribution >= 4 is 34.3 Å². The van der Waals surface area contributed by atoms with Crippen molar-refractivity contribution in [3.05, 3.63) is 65.4 Å². The number of aromatic nitrogens is 1. The number of benzene rings is 2. The number of carboxylic acid groups (broad SMARTS) is 1. The number of carbonyl (C=O) groups is 2. The smallest absolute Gasteiger partial charge is 0.411 e. The van der Waals surface area contributed by atoms with Crippen LogP contribution in [0.3, 0.4) is 0 Å². The number of aliphatic hydroxyl groups excluding tert-OH is 1. The van der Waals surface area contributed by atoms with E-state index in [4.69, 9.17) is 5.11 Å². The molecule has 1 aliphatic rings. The Hall–Kier alpha value is -3.45. The average Bonchev–Trinajstić information content (AvgIpc) is 2.71. The van der Waals surface area contributed by atoms with E-state index < -0.39 is 12.0 Å². The van der Waals surface area contributed by atoms with Gasteiger partial charge in [0.1, 0.15) is 11.5 Å². The molecule has 0 fully saturated rings. The van der Waals surface area contributed by atoms with Crippen molar-refractivity contribution in [2.75, 3.05) is 11.4 Å². The number of hydrogen-bond donors (Lipinski definition) is 3. The molecule has 0 aliphatic carbocycles. The number of fused-ring (bicyclic) bond motifs is 2. The maximum absolute atomic E-state index is 12.3. The normalized spacial score (nSPS) is 13.2. The summed E-state index contributed by atoms with van der Waals surface area (Å²) in [7, 11) is 0. The first-order valence-corrected chi connectivity index (χ1v) is 9.01. The van der Waals surface area contributed by atoms with Crippen molar-refractivity contribution in [3.63, 3.8) is 0 Å². The third-order valence-corrected chi connectivity index (χ3v) is 4.87. The SMILES string of the molecule is O=C(O)NC(=O)c1cc2ccccc2c(N2CCCc3cc(CO)ccc32)n1. The van der Waals surface area contributed by atoms with Crippen molar-refractivity contribution in [1.29, 1.82) is 0 Å². The summed E-state index contributed by atoms with van der Waals surface area (Å²) in [4.78, 5) is 29.7. The Bertz CT molecular complexity index is 1080. The fraction of sp³-hybridized carbons (Fsp3) is 0.190. The molecule has 1 aromatic heterocycles. The Balaban J connectivity index is 1.87. The fourth-order valence-electron chi connectivity index (χ4n) is 3.63. The predicted molar refractivity (Wildman–Crippen MR) is 105 cm³/mol. The zero-order valence-corrected chi connectivity index (χ0v) is 15.1. The summed E-state index contributed by atoms with van der Waals surface area (Å²) in [5.74, 6) is -0.140. The highest BCUT2D eigenvalue weighted by molar-refractivity contribution is 6.05. The minimum atomic E-state index is -1.42. The second kappa shape index (κ2) is 7.28. The van der Waals surface area contributed by atoms with Gasteiger partial charge in [0, 0.05) is 17.6 Å². The summed E-state index contributed by atoms with van der Waals surface area (Å²) >= 11 is 0. The van der Waals surface area contributed by atoms with Crippen LogP contribution in [0.2, 0.25) is 0 Å². The number of nitrogens with zero attached hydrogens (tertiary/aromatic N) is 2. The van der Waals surface area contributed by atoms with E-state index in [2.05, 4.69) is 9.88 Å². The second-order valence-electron chi connectivity index (χ2n) is 6.69. The van der Waals surface area contributed by atoms with Gasteiger partial charge < -0.3 is 15.1 Å². The number of rotatable bonds is 3. The first kappa shape index (κ1) is 17.9. The van der Waals surface area contributed by atoms with Gasteiger partial charge in [-0.1, -0.05) is 36.4 Å². The molecule has 0 saturated carbocycles. The number of pyridine rings is 1. The van der Waals surface area contributed by atoms with Crippen LogP contribution in [0.15, 0.2) is 48.5 Å². The van der Waals surface area contributed by atoms with E-state index >= 15 is 0 Å². The van der Waals surface area contributed by atoms with Crippen LogP contribution in [0.4, 0.5) is 16.3 Å². The number of imide groups is 1. The van der Waals surface area contributed by atoms with E-state index in [1.807, 2.05) is 47.8 Å². The lowest BCUT2D eigenvalue weighted by molar-refractivity contribution is 0.0943. The van der Waals surface area contributed by atoms with Crippen LogP contribution < -0.4 is 10.2 Å². The second-order valence-corrected chi connectivity index (χ2v) is 6.69. The Morgan fingerprint density at radius 2 is 1.96 bits per heavy atom. The zero-order valence-electron chi connectivity index (χ0n) is 15.1. The van der Waals surface area contributed by atoms with Gasteiger partial charge in [-0.25, -0.2) is 9.78 Å². The van der Waals surface area contributed by atoms with E-state index in [0.717, 1.165) is 47.0 Å². The molecule has 3 aromatic rings. The Morgan fingerprint density at radius 1 is 1.14 bits per heavy atom. The third kappa shape index (κ3) is 3.27. The number of carbonyl (C=O) groups excluding carboxylic acids is 1. The molecule has 0 saturated heterocycles. The Kier molecular flexibility index (Phi) is 4.67. The molecule has 0 atom stereocenters. The van der Waals surface area contributed by atoms with Gasteiger partial charge in [0.15, 0.2) is 0 Å². The van der Waals surface area contributed by atoms with Crippen molar-refractivity contribution in [2.45, 2.75) is 19.4 Å². The summed E-state index contributed by atoms with van der Waals surface area (Å²) < 4.78 is 0. The lowest BCUT2D eigenvalue weighted by Crippen LogP contribution is -2.31. The molecule has 1 aliphatic heterocycles. The Morgan fingerprint density at radius 3 is 2.75 bits per heavy atom. The van der Waals surface area contributed by atoms with E-state index in [0.29, 0.717) is 5.82 Å². The molecule has 2 heterocycles. The molecule has 0 spiro atoms. The van der Waals surface area contributed by atoms with Gasteiger partial charge in [0.25, 0.3) is 5.91 Å². The summed E-state index contributed by atoms with van der Waals surface area (Å²) in [6.45, 7) is 0.714. The molecule has 7 heteroatoms.